The van der Waals surface area contributed by atoms with Gasteiger partial charge in [0.05, 0.1) is 10.7 Å². The lowest BCUT2D eigenvalue weighted by atomic mass is 10.2. The third-order valence-corrected chi connectivity index (χ3v) is 4.20. The first-order chi connectivity index (χ1) is 12.8. The van der Waals surface area contributed by atoms with Crippen molar-refractivity contribution < 1.29 is 22.4 Å². The molecule has 142 valence electrons. The smallest absolute Gasteiger partial charge is 0.347 e. The van der Waals surface area contributed by atoms with Crippen molar-refractivity contribution in [2.45, 2.75) is 18.8 Å². The van der Waals surface area contributed by atoms with E-state index in [0.717, 1.165) is 11.1 Å². The van der Waals surface area contributed by atoms with E-state index in [1.54, 1.807) is 12.1 Å². The van der Waals surface area contributed by atoms with Crippen LogP contribution in [0.25, 0.3) is 0 Å². The Balaban J connectivity index is 1.82. The Morgan fingerprint density at radius 2 is 1.81 bits per heavy atom. The normalized spacial score (nSPS) is 17.0. The maximum Gasteiger partial charge on any atom is 0.409 e. The van der Waals surface area contributed by atoms with Gasteiger partial charge in [0.25, 0.3) is 5.91 Å². The van der Waals surface area contributed by atoms with Crippen LogP contribution in [0.1, 0.15) is 5.56 Å². The second kappa shape index (κ2) is 7.58. The second-order valence-electron chi connectivity index (χ2n) is 5.80. The first kappa shape index (κ1) is 19.2. The Morgan fingerprint density at radius 1 is 1.15 bits per heavy atom. The summed E-state index contributed by atoms with van der Waals surface area (Å²) >= 11 is 6.07. The van der Waals surface area contributed by atoms with Gasteiger partial charge in [-0.1, -0.05) is 35.9 Å². The van der Waals surface area contributed by atoms with Gasteiger partial charge < -0.3 is 5.32 Å². The molecule has 9 heteroatoms. The molecular weight excluding hydrogens is 386 g/mol. The molecule has 1 aliphatic rings. The molecule has 0 bridgehead atoms. The van der Waals surface area contributed by atoms with Crippen molar-refractivity contribution in [1.82, 2.24) is 10.7 Å². The summed E-state index contributed by atoms with van der Waals surface area (Å²) in [7, 11) is 0. The van der Waals surface area contributed by atoms with Crippen LogP contribution in [0.4, 0.5) is 23.2 Å². The molecule has 0 spiro atoms. The van der Waals surface area contributed by atoms with E-state index in [-0.39, 0.29) is 23.0 Å². The highest BCUT2D eigenvalue weighted by Crippen LogP contribution is 2.33. The lowest BCUT2D eigenvalue weighted by Crippen LogP contribution is -2.46. The zero-order chi connectivity index (χ0) is 19.6. The number of para-hydroxylation sites is 1. The molecule has 1 unspecified atom stereocenters. The first-order valence-corrected chi connectivity index (χ1v) is 8.25. The summed E-state index contributed by atoms with van der Waals surface area (Å²) < 4.78 is 52.4. The third-order valence-electron chi connectivity index (χ3n) is 3.88. The molecule has 0 saturated heterocycles. The van der Waals surface area contributed by atoms with Crippen molar-refractivity contribution in [3.05, 3.63) is 76.7 Å². The zero-order valence-corrected chi connectivity index (χ0v) is 14.5. The topological polar surface area (TPSA) is 44.4 Å². The monoisotopic (exact) mass is 399 g/mol. The second-order valence-corrected chi connectivity index (χ2v) is 6.20. The van der Waals surface area contributed by atoms with Gasteiger partial charge in [-0.3, -0.25) is 9.80 Å². The number of hydrogen-bond acceptors (Lipinski definition) is 3. The molecule has 0 radical (unpaired) electrons. The highest BCUT2D eigenvalue weighted by molar-refractivity contribution is 6.33. The molecule has 0 aromatic heterocycles. The van der Waals surface area contributed by atoms with Crippen molar-refractivity contribution in [2.24, 2.45) is 0 Å². The number of nitrogens with zero attached hydrogens (tertiary/aromatic N) is 1. The summed E-state index contributed by atoms with van der Waals surface area (Å²) in [5, 5.41) is 3.73. The van der Waals surface area contributed by atoms with E-state index in [1.165, 1.54) is 36.4 Å². The number of anilines is 1. The van der Waals surface area contributed by atoms with E-state index in [1.807, 2.05) is 0 Å². The molecule has 1 atom stereocenters. The number of hydrazine groups is 1. The Bertz CT molecular complexity index is 868. The molecule has 2 N–H and O–H groups in total. The molecule has 0 fully saturated rings. The summed E-state index contributed by atoms with van der Waals surface area (Å²) in [6.45, 7) is 0.0312. The van der Waals surface area contributed by atoms with Crippen LogP contribution in [-0.4, -0.2) is 18.1 Å². The number of hydrogen-bond donors (Lipinski definition) is 2. The van der Waals surface area contributed by atoms with Crippen molar-refractivity contribution in [2.75, 3.05) is 5.01 Å². The van der Waals surface area contributed by atoms with Crippen molar-refractivity contribution >= 4 is 23.2 Å². The summed E-state index contributed by atoms with van der Waals surface area (Å²) in [4.78, 5) is 12.5. The number of carbonyl (C=O) groups is 1. The average molecular weight is 400 g/mol. The fraction of sp³-hybridized carbons (Fsp3) is 0.167. The quantitative estimate of drug-likeness (QED) is 0.766. The maximum atomic E-state index is 13.1. The van der Waals surface area contributed by atoms with Gasteiger partial charge in [0.1, 0.15) is 17.6 Å². The van der Waals surface area contributed by atoms with Crippen LogP contribution in [0, 0.1) is 5.82 Å². The molecule has 1 aliphatic heterocycles. The number of amides is 1. The van der Waals surface area contributed by atoms with E-state index in [2.05, 4.69) is 10.7 Å². The lowest BCUT2D eigenvalue weighted by molar-refractivity contribution is -0.142. The van der Waals surface area contributed by atoms with E-state index in [0.29, 0.717) is 5.56 Å². The van der Waals surface area contributed by atoms with Crippen LogP contribution in [0.3, 0.4) is 0 Å². The number of alkyl halides is 3. The molecule has 0 saturated carbocycles. The van der Waals surface area contributed by atoms with Crippen LogP contribution in [-0.2, 0) is 11.3 Å². The Hall–Kier alpha value is -2.58. The van der Waals surface area contributed by atoms with E-state index in [9.17, 15) is 22.4 Å². The van der Waals surface area contributed by atoms with Gasteiger partial charge in [-0.05, 0) is 35.9 Å². The minimum atomic E-state index is -4.58. The fourth-order valence-corrected chi connectivity index (χ4v) is 2.75. The summed E-state index contributed by atoms with van der Waals surface area (Å²) in [5.74, 6) is -1.15. The molecule has 2 aromatic rings. The Labute approximate surface area is 157 Å². The van der Waals surface area contributed by atoms with Crippen molar-refractivity contribution in [3.8, 4) is 0 Å². The average Bonchev–Trinajstić information content (AvgIpc) is 3.07. The predicted octanol–water partition coefficient (Wildman–Crippen LogP) is 3.93. The fourth-order valence-electron chi connectivity index (χ4n) is 2.53. The summed E-state index contributed by atoms with van der Waals surface area (Å²) in [6.07, 6.45) is -3.79. The molecule has 1 amide bonds. The molecule has 2 aromatic carbocycles. The van der Waals surface area contributed by atoms with Gasteiger partial charge in [0.2, 0.25) is 0 Å². The van der Waals surface area contributed by atoms with E-state index >= 15 is 0 Å². The van der Waals surface area contributed by atoms with Gasteiger partial charge in [0, 0.05) is 6.54 Å². The summed E-state index contributed by atoms with van der Waals surface area (Å²) in [6, 6.07) is 9.60. The van der Waals surface area contributed by atoms with E-state index in [4.69, 9.17) is 11.6 Å². The predicted molar refractivity (Wildman–Crippen MR) is 93.2 cm³/mol. The molecular formula is C18H14ClF4N3O. The van der Waals surface area contributed by atoms with Crippen LogP contribution in [0.2, 0.25) is 5.02 Å². The van der Waals surface area contributed by atoms with Crippen LogP contribution in [0.15, 0.2) is 60.3 Å². The van der Waals surface area contributed by atoms with Crippen LogP contribution < -0.4 is 15.8 Å². The lowest BCUT2D eigenvalue weighted by Gasteiger charge is -2.25. The van der Waals surface area contributed by atoms with E-state index < -0.39 is 23.9 Å². The van der Waals surface area contributed by atoms with Gasteiger partial charge in [-0.2, -0.15) is 13.2 Å². The number of rotatable bonds is 4. The van der Waals surface area contributed by atoms with Crippen LogP contribution in [0.5, 0.6) is 0 Å². The Morgan fingerprint density at radius 3 is 2.44 bits per heavy atom. The zero-order valence-electron chi connectivity index (χ0n) is 13.7. The SMILES string of the molecule is O=C(NCc1ccc(F)cc1)C1=CC(C(F)(F)F)NN1c1ccccc1Cl. The minimum Gasteiger partial charge on any atom is -0.347 e. The van der Waals surface area contributed by atoms with Gasteiger partial charge >= 0.3 is 6.18 Å². The van der Waals surface area contributed by atoms with Gasteiger partial charge in [-0.15, -0.1) is 0 Å². The molecule has 27 heavy (non-hydrogen) atoms. The van der Waals surface area contributed by atoms with Crippen molar-refractivity contribution in [3.63, 3.8) is 0 Å². The standard InChI is InChI=1S/C18H14ClF4N3O/c19-13-3-1-2-4-14(13)26-15(9-16(25-26)18(21,22)23)17(27)24-10-11-5-7-12(20)8-6-11/h1-9,16,25H,10H2,(H,24,27). The maximum absolute atomic E-state index is 13.1. The van der Waals surface area contributed by atoms with Crippen LogP contribution >= 0.6 is 11.6 Å². The Kier molecular flexibility index (Phi) is 5.38. The largest absolute Gasteiger partial charge is 0.409 e. The minimum absolute atomic E-state index is 0.0312. The van der Waals surface area contributed by atoms with Gasteiger partial charge in [-0.25, -0.2) is 9.82 Å². The highest BCUT2D eigenvalue weighted by atomic mass is 35.5. The number of carbonyl (C=O) groups excluding carboxylic acids is 1. The molecule has 0 aliphatic carbocycles. The number of halogens is 5. The number of nitrogens with one attached hydrogen (secondary N) is 2. The summed E-state index contributed by atoms with van der Waals surface area (Å²) in [5.41, 5.74) is 2.84. The van der Waals surface area contributed by atoms with Crippen molar-refractivity contribution in [1.29, 1.82) is 0 Å². The number of benzene rings is 2. The first-order valence-electron chi connectivity index (χ1n) is 7.88. The van der Waals surface area contributed by atoms with Gasteiger partial charge in [0.15, 0.2) is 0 Å². The molecule has 3 rings (SSSR count). The highest BCUT2D eigenvalue weighted by Gasteiger charge is 2.45. The molecule has 1 heterocycles. The molecule has 4 nitrogen and oxygen atoms in total. The third kappa shape index (κ3) is 4.40.